The standard InChI is InChI=1S/C16H24N4OS2/c1-12(21-4)15-19-14(11-23-15)9-20(3)16(17-2)18-7-5-13-6-8-22-10-13/h6,8,10-12H,5,7,9H2,1-4H3,(H,17,18). The average Bonchev–Trinajstić information content (AvgIpc) is 3.22. The van der Waals surface area contributed by atoms with Crippen molar-refractivity contribution in [2.24, 2.45) is 4.99 Å². The molecule has 2 aromatic rings. The van der Waals surface area contributed by atoms with Crippen molar-refractivity contribution in [3.63, 3.8) is 0 Å². The summed E-state index contributed by atoms with van der Waals surface area (Å²) in [7, 11) is 5.54. The second kappa shape index (κ2) is 9.00. The van der Waals surface area contributed by atoms with Crippen LogP contribution in [0.3, 0.4) is 0 Å². The summed E-state index contributed by atoms with van der Waals surface area (Å²) in [5, 5.41) is 10.8. The summed E-state index contributed by atoms with van der Waals surface area (Å²) in [4.78, 5) is 11.1. The third kappa shape index (κ3) is 5.30. The molecule has 0 bridgehead atoms. The second-order valence-electron chi connectivity index (χ2n) is 5.27. The Labute approximate surface area is 146 Å². The number of thiophene rings is 1. The Kier molecular flexibility index (Phi) is 7.01. The zero-order valence-electron chi connectivity index (χ0n) is 14.1. The van der Waals surface area contributed by atoms with Crippen LogP contribution in [-0.2, 0) is 17.7 Å². The molecule has 1 atom stereocenters. The number of hydrogen-bond donors (Lipinski definition) is 1. The molecule has 2 heterocycles. The number of rotatable bonds is 7. The van der Waals surface area contributed by atoms with Gasteiger partial charge in [-0.3, -0.25) is 4.99 Å². The van der Waals surface area contributed by atoms with Crippen LogP contribution in [0.25, 0.3) is 0 Å². The van der Waals surface area contributed by atoms with Crippen LogP contribution in [0.1, 0.15) is 29.3 Å². The van der Waals surface area contributed by atoms with E-state index in [4.69, 9.17) is 4.74 Å². The molecule has 0 aromatic carbocycles. The highest BCUT2D eigenvalue weighted by atomic mass is 32.1. The van der Waals surface area contributed by atoms with Crippen molar-refractivity contribution in [1.82, 2.24) is 15.2 Å². The van der Waals surface area contributed by atoms with Gasteiger partial charge in [-0.2, -0.15) is 11.3 Å². The maximum Gasteiger partial charge on any atom is 0.193 e. The molecule has 0 saturated heterocycles. The highest BCUT2D eigenvalue weighted by Gasteiger charge is 2.12. The maximum atomic E-state index is 5.31. The summed E-state index contributed by atoms with van der Waals surface area (Å²) in [6.07, 6.45) is 1.05. The minimum Gasteiger partial charge on any atom is -0.375 e. The molecule has 0 aliphatic rings. The fourth-order valence-corrected chi connectivity index (χ4v) is 3.68. The van der Waals surface area contributed by atoms with Gasteiger partial charge in [0.1, 0.15) is 11.1 Å². The Hall–Kier alpha value is -1.44. The van der Waals surface area contributed by atoms with Crippen molar-refractivity contribution in [3.05, 3.63) is 38.5 Å². The lowest BCUT2D eigenvalue weighted by atomic mass is 10.2. The molecule has 5 nitrogen and oxygen atoms in total. The Morgan fingerprint density at radius 3 is 2.96 bits per heavy atom. The number of methoxy groups -OCH3 is 1. The lowest BCUT2D eigenvalue weighted by Crippen LogP contribution is -2.39. The molecule has 0 amide bonds. The van der Waals surface area contributed by atoms with Gasteiger partial charge in [-0.25, -0.2) is 4.98 Å². The van der Waals surface area contributed by atoms with Gasteiger partial charge in [-0.05, 0) is 35.7 Å². The van der Waals surface area contributed by atoms with E-state index in [0.717, 1.165) is 36.2 Å². The van der Waals surface area contributed by atoms with E-state index in [0.29, 0.717) is 0 Å². The van der Waals surface area contributed by atoms with Gasteiger partial charge in [0.05, 0.1) is 12.2 Å². The second-order valence-corrected chi connectivity index (χ2v) is 6.94. The van der Waals surface area contributed by atoms with Crippen molar-refractivity contribution in [3.8, 4) is 0 Å². The van der Waals surface area contributed by atoms with Crippen molar-refractivity contribution in [1.29, 1.82) is 0 Å². The molecule has 0 aliphatic carbocycles. The first-order valence-electron chi connectivity index (χ1n) is 7.54. The van der Waals surface area contributed by atoms with Crippen molar-refractivity contribution in [2.45, 2.75) is 26.0 Å². The van der Waals surface area contributed by atoms with Gasteiger partial charge in [0.25, 0.3) is 0 Å². The van der Waals surface area contributed by atoms with Gasteiger partial charge in [0.2, 0.25) is 0 Å². The van der Waals surface area contributed by atoms with Crippen LogP contribution in [0.2, 0.25) is 0 Å². The van der Waals surface area contributed by atoms with Gasteiger partial charge in [-0.15, -0.1) is 11.3 Å². The molecule has 1 N–H and O–H groups in total. The Balaban J connectivity index is 1.84. The van der Waals surface area contributed by atoms with Gasteiger partial charge in [0.15, 0.2) is 5.96 Å². The highest BCUT2D eigenvalue weighted by Crippen LogP contribution is 2.20. The van der Waals surface area contributed by atoms with Crippen LogP contribution in [0.4, 0.5) is 0 Å². The zero-order valence-corrected chi connectivity index (χ0v) is 15.7. The lowest BCUT2D eigenvalue weighted by Gasteiger charge is -2.21. The molecule has 0 fully saturated rings. The van der Waals surface area contributed by atoms with E-state index in [2.05, 4.69) is 42.4 Å². The molecular formula is C16H24N4OS2. The predicted octanol–water partition coefficient (Wildman–Crippen LogP) is 3.16. The topological polar surface area (TPSA) is 49.8 Å². The minimum absolute atomic E-state index is 0.0436. The van der Waals surface area contributed by atoms with Crippen LogP contribution < -0.4 is 5.32 Å². The fourth-order valence-electron chi connectivity index (χ4n) is 2.14. The van der Waals surface area contributed by atoms with Crippen LogP contribution in [-0.4, -0.2) is 43.6 Å². The summed E-state index contributed by atoms with van der Waals surface area (Å²) in [5.74, 6) is 0.884. The quantitative estimate of drug-likeness (QED) is 0.614. The summed E-state index contributed by atoms with van der Waals surface area (Å²) in [6.45, 7) is 3.61. The third-order valence-corrected chi connectivity index (χ3v) is 5.31. The number of nitrogens with one attached hydrogen (secondary N) is 1. The molecule has 23 heavy (non-hydrogen) atoms. The molecular weight excluding hydrogens is 328 g/mol. The molecule has 2 rings (SSSR count). The molecule has 0 aliphatic heterocycles. The van der Waals surface area contributed by atoms with Crippen molar-refractivity contribution >= 4 is 28.6 Å². The number of guanidine groups is 1. The molecule has 2 aromatic heterocycles. The van der Waals surface area contributed by atoms with Crippen LogP contribution in [0, 0.1) is 0 Å². The van der Waals surface area contributed by atoms with Crippen LogP contribution in [0.15, 0.2) is 27.2 Å². The lowest BCUT2D eigenvalue weighted by molar-refractivity contribution is 0.119. The van der Waals surface area contributed by atoms with Crippen molar-refractivity contribution in [2.75, 3.05) is 27.7 Å². The summed E-state index contributed by atoms with van der Waals surface area (Å²) in [5.41, 5.74) is 2.40. The number of nitrogens with zero attached hydrogens (tertiary/aromatic N) is 3. The number of aliphatic imine (C=N–C) groups is 1. The average molecular weight is 353 g/mol. The number of thiazole rings is 1. The first-order valence-corrected chi connectivity index (χ1v) is 9.36. The Morgan fingerprint density at radius 2 is 2.30 bits per heavy atom. The van der Waals surface area contributed by atoms with E-state index in [9.17, 15) is 0 Å². The molecule has 126 valence electrons. The fraction of sp³-hybridized carbons (Fsp3) is 0.500. The van der Waals surface area contributed by atoms with Gasteiger partial charge < -0.3 is 15.0 Å². The normalized spacial score (nSPS) is 13.1. The third-order valence-electron chi connectivity index (χ3n) is 3.52. The van der Waals surface area contributed by atoms with E-state index in [1.165, 1.54) is 5.56 Å². The smallest absolute Gasteiger partial charge is 0.193 e. The number of hydrogen-bond acceptors (Lipinski definition) is 5. The van der Waals surface area contributed by atoms with E-state index >= 15 is 0 Å². The van der Waals surface area contributed by atoms with Crippen molar-refractivity contribution < 1.29 is 4.74 Å². The Morgan fingerprint density at radius 1 is 1.48 bits per heavy atom. The summed E-state index contributed by atoms with van der Waals surface area (Å²) < 4.78 is 5.31. The predicted molar refractivity (Wildman–Crippen MR) is 98.4 cm³/mol. The SMILES string of the molecule is CN=C(NCCc1ccsc1)N(C)Cc1csc(C(C)OC)n1. The monoisotopic (exact) mass is 352 g/mol. The number of ether oxygens (including phenoxy) is 1. The molecule has 0 radical (unpaired) electrons. The van der Waals surface area contributed by atoms with E-state index in [-0.39, 0.29) is 6.10 Å². The molecule has 0 saturated carbocycles. The van der Waals surface area contributed by atoms with Crippen LogP contribution in [0.5, 0.6) is 0 Å². The zero-order chi connectivity index (χ0) is 16.7. The van der Waals surface area contributed by atoms with E-state index < -0.39 is 0 Å². The summed E-state index contributed by atoms with van der Waals surface area (Å²) >= 11 is 3.37. The van der Waals surface area contributed by atoms with Gasteiger partial charge in [-0.1, -0.05) is 0 Å². The minimum atomic E-state index is 0.0436. The number of aromatic nitrogens is 1. The Bertz CT molecular complexity index is 609. The van der Waals surface area contributed by atoms with Gasteiger partial charge in [0, 0.05) is 33.1 Å². The molecule has 0 spiro atoms. The maximum absolute atomic E-state index is 5.31. The largest absolute Gasteiger partial charge is 0.375 e. The molecule has 7 heteroatoms. The van der Waals surface area contributed by atoms with Gasteiger partial charge >= 0.3 is 0 Å². The first-order chi connectivity index (χ1) is 11.1. The first kappa shape index (κ1) is 17.9. The summed E-state index contributed by atoms with van der Waals surface area (Å²) in [6, 6.07) is 2.16. The highest BCUT2D eigenvalue weighted by molar-refractivity contribution is 7.09. The van der Waals surface area contributed by atoms with Crippen LogP contribution >= 0.6 is 22.7 Å². The molecule has 1 unspecified atom stereocenters. The van der Waals surface area contributed by atoms with E-state index in [1.807, 2.05) is 21.0 Å². The van der Waals surface area contributed by atoms with E-state index in [1.54, 1.807) is 29.8 Å².